The minimum absolute atomic E-state index is 0.0235. The lowest BCUT2D eigenvalue weighted by Crippen LogP contribution is -2.50. The highest BCUT2D eigenvalue weighted by Gasteiger charge is 2.38. The molecule has 39 heavy (non-hydrogen) atoms. The first kappa shape index (κ1) is 27.7. The highest BCUT2D eigenvalue weighted by molar-refractivity contribution is 6.34. The molecule has 2 fully saturated rings. The van der Waals surface area contributed by atoms with Gasteiger partial charge in [-0.3, -0.25) is 0 Å². The molecule has 1 aliphatic heterocycles. The minimum Gasteiger partial charge on any atom is -0.458 e. The molecule has 8 nitrogen and oxygen atoms in total. The number of halogens is 4. The number of piperazine rings is 1. The highest BCUT2D eigenvalue weighted by Crippen LogP contribution is 2.43. The summed E-state index contributed by atoms with van der Waals surface area (Å²) in [6.07, 6.45) is -1.83. The van der Waals surface area contributed by atoms with Crippen LogP contribution in [0.25, 0.3) is 22.2 Å². The second-order valence-electron chi connectivity index (χ2n) is 10.6. The predicted octanol–water partition coefficient (Wildman–Crippen LogP) is 4.91. The summed E-state index contributed by atoms with van der Waals surface area (Å²) in [5.74, 6) is 0.620. The van der Waals surface area contributed by atoms with E-state index in [1.54, 1.807) is 6.07 Å². The summed E-state index contributed by atoms with van der Waals surface area (Å²) in [6.45, 7) is 5.68. The number of hydrogen-bond acceptors (Lipinski definition) is 8. The van der Waals surface area contributed by atoms with E-state index in [0.717, 1.165) is 32.4 Å². The summed E-state index contributed by atoms with van der Waals surface area (Å²) in [6, 6.07) is 4.92. The molecule has 2 unspecified atom stereocenters. The zero-order chi connectivity index (χ0) is 28.1. The van der Waals surface area contributed by atoms with Crippen LogP contribution < -0.4 is 20.7 Å². The summed E-state index contributed by atoms with van der Waals surface area (Å²) >= 11 is 6.67. The fourth-order valence-electron chi connectivity index (χ4n) is 5.74. The molecular formula is C27H33ClF3N7O. The van der Waals surface area contributed by atoms with Crippen LogP contribution in [0, 0.1) is 6.92 Å². The van der Waals surface area contributed by atoms with Crippen molar-refractivity contribution in [1.29, 1.82) is 0 Å². The van der Waals surface area contributed by atoms with Crippen molar-refractivity contribution in [1.82, 2.24) is 25.2 Å². The molecule has 1 aliphatic carbocycles. The van der Waals surface area contributed by atoms with Crippen LogP contribution in [0.2, 0.25) is 5.02 Å². The second-order valence-corrected chi connectivity index (χ2v) is 11.0. The van der Waals surface area contributed by atoms with Crippen LogP contribution in [0.1, 0.15) is 37.3 Å². The van der Waals surface area contributed by atoms with E-state index in [-0.39, 0.29) is 51.9 Å². The number of ether oxygens (including phenoxy) is 1. The molecule has 5 rings (SSSR count). The van der Waals surface area contributed by atoms with Gasteiger partial charge in [0.05, 0.1) is 21.8 Å². The van der Waals surface area contributed by atoms with Gasteiger partial charge < -0.3 is 25.6 Å². The molecule has 3 atom stereocenters. The number of nitrogens with zero attached hydrogens (tertiary/aromatic N) is 5. The van der Waals surface area contributed by atoms with Crippen molar-refractivity contribution in [3.8, 4) is 17.3 Å². The average Bonchev–Trinajstić information content (AvgIpc) is 3.31. The third-order valence-corrected chi connectivity index (χ3v) is 7.94. The van der Waals surface area contributed by atoms with Gasteiger partial charge in [0.2, 0.25) is 0 Å². The molecule has 0 spiro atoms. The SMILES string of the molecule is Cc1cc(N)nc(-c2cc3nc(OC4CCCC4N(C)C)nc(N4CCNC[C@@H]4C)c3cc2Cl)c1C(F)(F)F. The van der Waals surface area contributed by atoms with E-state index in [2.05, 4.69) is 32.0 Å². The van der Waals surface area contributed by atoms with E-state index in [9.17, 15) is 13.2 Å². The maximum absolute atomic E-state index is 14.1. The Kier molecular flexibility index (Phi) is 7.51. The van der Waals surface area contributed by atoms with E-state index < -0.39 is 11.7 Å². The van der Waals surface area contributed by atoms with Crippen molar-refractivity contribution in [2.45, 2.75) is 57.5 Å². The number of rotatable bonds is 5. The van der Waals surface area contributed by atoms with Gasteiger partial charge in [-0.2, -0.15) is 23.1 Å². The molecule has 0 amide bonds. The van der Waals surface area contributed by atoms with E-state index >= 15 is 0 Å². The maximum Gasteiger partial charge on any atom is 0.418 e. The topological polar surface area (TPSA) is 92.4 Å². The number of benzene rings is 1. The average molecular weight is 564 g/mol. The Hall–Kier alpha value is -2.89. The van der Waals surface area contributed by atoms with Crippen molar-refractivity contribution >= 4 is 34.1 Å². The van der Waals surface area contributed by atoms with Gasteiger partial charge in [0.15, 0.2) is 0 Å². The number of nitrogen functional groups attached to an aromatic ring is 1. The Bertz CT molecular complexity index is 1380. The molecule has 0 radical (unpaired) electrons. The maximum atomic E-state index is 14.1. The predicted molar refractivity (Wildman–Crippen MR) is 147 cm³/mol. The minimum atomic E-state index is -4.65. The molecule has 3 heterocycles. The number of hydrogen-bond donors (Lipinski definition) is 2. The summed E-state index contributed by atoms with van der Waals surface area (Å²) in [4.78, 5) is 17.9. The number of anilines is 2. The van der Waals surface area contributed by atoms with Gasteiger partial charge in [0.25, 0.3) is 0 Å². The van der Waals surface area contributed by atoms with E-state index in [4.69, 9.17) is 27.1 Å². The zero-order valence-electron chi connectivity index (χ0n) is 22.4. The Morgan fingerprint density at radius 2 is 1.92 bits per heavy atom. The first-order chi connectivity index (χ1) is 18.4. The van der Waals surface area contributed by atoms with Gasteiger partial charge in [-0.25, -0.2) is 4.98 Å². The number of alkyl halides is 3. The van der Waals surface area contributed by atoms with Crippen LogP contribution in [0.3, 0.4) is 0 Å². The molecule has 1 saturated carbocycles. The molecule has 3 N–H and O–H groups in total. The van der Waals surface area contributed by atoms with Gasteiger partial charge in [-0.1, -0.05) is 11.6 Å². The lowest BCUT2D eigenvalue weighted by Gasteiger charge is -2.35. The molecule has 12 heteroatoms. The van der Waals surface area contributed by atoms with Crippen molar-refractivity contribution in [3.05, 3.63) is 34.3 Å². The van der Waals surface area contributed by atoms with Gasteiger partial charge >= 0.3 is 12.2 Å². The van der Waals surface area contributed by atoms with Crippen LogP contribution in [0.4, 0.5) is 24.8 Å². The Morgan fingerprint density at radius 3 is 2.62 bits per heavy atom. The quantitative estimate of drug-likeness (QED) is 0.452. The van der Waals surface area contributed by atoms with Crippen LogP contribution in [0.15, 0.2) is 18.2 Å². The number of likely N-dealkylation sites (N-methyl/N-ethyl adjacent to an activating group) is 1. The van der Waals surface area contributed by atoms with Gasteiger partial charge in [-0.15, -0.1) is 0 Å². The first-order valence-electron chi connectivity index (χ1n) is 13.1. The zero-order valence-corrected chi connectivity index (χ0v) is 23.2. The third kappa shape index (κ3) is 5.44. The van der Waals surface area contributed by atoms with Crippen LogP contribution in [-0.2, 0) is 6.18 Å². The highest BCUT2D eigenvalue weighted by atomic mass is 35.5. The summed E-state index contributed by atoms with van der Waals surface area (Å²) in [5.41, 5.74) is 5.17. The largest absolute Gasteiger partial charge is 0.458 e. The fraction of sp³-hybridized carbons (Fsp3) is 0.519. The van der Waals surface area contributed by atoms with E-state index in [1.807, 2.05) is 14.1 Å². The molecule has 3 aromatic rings. The van der Waals surface area contributed by atoms with Gasteiger partial charge in [0, 0.05) is 42.7 Å². The number of nitrogens with one attached hydrogen (secondary N) is 1. The van der Waals surface area contributed by atoms with Crippen molar-refractivity contribution in [3.63, 3.8) is 0 Å². The molecule has 1 aromatic carbocycles. The van der Waals surface area contributed by atoms with Crippen molar-refractivity contribution in [2.24, 2.45) is 0 Å². The Balaban J connectivity index is 1.70. The number of nitrogens with two attached hydrogens (primary N) is 1. The standard InChI is InChI=1S/C27H33ClF3N7O/c1-14-10-22(32)35-24(23(14)27(29,30)31)16-12-19-17(11-18(16)28)25(38-9-8-33-13-15(38)2)36-26(34-19)39-21-7-5-6-20(21)37(3)4/h10-12,15,20-21,33H,5-9,13H2,1-4H3,(H2,32,35)/t15-,20?,21?/m0/s1. The molecule has 2 aliphatic rings. The number of aryl methyl sites for hydroxylation is 1. The normalized spacial score (nSPS) is 22.2. The van der Waals surface area contributed by atoms with E-state index in [0.29, 0.717) is 23.3 Å². The number of aromatic nitrogens is 3. The van der Waals surface area contributed by atoms with E-state index in [1.165, 1.54) is 19.1 Å². The number of pyridine rings is 1. The molecule has 0 bridgehead atoms. The Morgan fingerprint density at radius 1 is 1.15 bits per heavy atom. The van der Waals surface area contributed by atoms with Crippen LogP contribution >= 0.6 is 11.6 Å². The third-order valence-electron chi connectivity index (χ3n) is 7.63. The van der Waals surface area contributed by atoms with Crippen molar-refractivity contribution < 1.29 is 17.9 Å². The monoisotopic (exact) mass is 563 g/mol. The van der Waals surface area contributed by atoms with Crippen LogP contribution in [0.5, 0.6) is 6.01 Å². The van der Waals surface area contributed by atoms with Crippen molar-refractivity contribution in [2.75, 3.05) is 44.4 Å². The summed E-state index contributed by atoms with van der Waals surface area (Å²) in [7, 11) is 4.04. The van der Waals surface area contributed by atoms with Gasteiger partial charge in [-0.05, 0) is 71.0 Å². The lowest BCUT2D eigenvalue weighted by atomic mass is 9.99. The molecule has 2 aromatic heterocycles. The molecule has 1 saturated heterocycles. The van der Waals surface area contributed by atoms with Gasteiger partial charge in [0.1, 0.15) is 17.7 Å². The Labute approximate surface area is 230 Å². The fourth-order valence-corrected chi connectivity index (χ4v) is 6.00. The second kappa shape index (κ2) is 10.6. The van der Waals surface area contributed by atoms with Crippen LogP contribution in [-0.4, -0.2) is 71.8 Å². The summed E-state index contributed by atoms with van der Waals surface area (Å²) < 4.78 is 48.7. The first-order valence-corrected chi connectivity index (χ1v) is 13.5. The smallest absolute Gasteiger partial charge is 0.418 e. The molecular weight excluding hydrogens is 531 g/mol. The summed E-state index contributed by atoms with van der Waals surface area (Å²) in [5, 5.41) is 4.11. The lowest BCUT2D eigenvalue weighted by molar-refractivity contribution is -0.137. The number of fused-ring (bicyclic) bond motifs is 1. The molecule has 210 valence electrons.